The van der Waals surface area contributed by atoms with Gasteiger partial charge < -0.3 is 10.1 Å². The molecule has 24 heavy (non-hydrogen) atoms. The summed E-state index contributed by atoms with van der Waals surface area (Å²) in [6, 6.07) is 12.2. The summed E-state index contributed by atoms with van der Waals surface area (Å²) < 4.78 is 5.20. The van der Waals surface area contributed by atoms with E-state index in [9.17, 15) is 4.79 Å². The predicted molar refractivity (Wildman–Crippen MR) is 97.4 cm³/mol. The number of halogens is 2. The molecule has 0 aliphatic heterocycles. The van der Waals surface area contributed by atoms with Crippen LogP contribution in [0.2, 0.25) is 10.0 Å². The van der Waals surface area contributed by atoms with Gasteiger partial charge in [-0.15, -0.1) is 0 Å². The van der Waals surface area contributed by atoms with Crippen LogP contribution < -0.4 is 10.1 Å². The smallest absolute Gasteiger partial charge is 0.257 e. The third kappa shape index (κ3) is 3.30. The SMILES string of the molecule is COc1ccc2cc(C(=O)Nc3ccc(Cl)cc3Cl)c(C)nc2c1. The van der Waals surface area contributed by atoms with Gasteiger partial charge in [-0.25, -0.2) is 0 Å². The van der Waals surface area contributed by atoms with Gasteiger partial charge in [-0.05, 0) is 43.3 Å². The summed E-state index contributed by atoms with van der Waals surface area (Å²) >= 11 is 12.0. The monoisotopic (exact) mass is 360 g/mol. The third-order valence-corrected chi connectivity index (χ3v) is 4.19. The van der Waals surface area contributed by atoms with Crippen LogP contribution in [-0.4, -0.2) is 18.0 Å². The summed E-state index contributed by atoms with van der Waals surface area (Å²) in [4.78, 5) is 17.1. The van der Waals surface area contributed by atoms with Gasteiger partial charge in [0.25, 0.3) is 5.91 Å². The minimum absolute atomic E-state index is 0.276. The molecule has 6 heteroatoms. The Hall–Kier alpha value is -2.30. The fraction of sp³-hybridized carbons (Fsp3) is 0.111. The lowest BCUT2D eigenvalue weighted by molar-refractivity contribution is 0.102. The summed E-state index contributed by atoms with van der Waals surface area (Å²) in [5, 5.41) is 4.53. The van der Waals surface area contributed by atoms with Crippen molar-refractivity contribution >= 4 is 45.7 Å². The highest BCUT2D eigenvalue weighted by molar-refractivity contribution is 6.36. The van der Waals surface area contributed by atoms with E-state index in [-0.39, 0.29) is 5.91 Å². The highest BCUT2D eigenvalue weighted by Crippen LogP contribution is 2.27. The quantitative estimate of drug-likeness (QED) is 0.705. The van der Waals surface area contributed by atoms with Gasteiger partial charge in [-0.1, -0.05) is 23.2 Å². The number of nitrogens with one attached hydrogen (secondary N) is 1. The molecule has 0 fully saturated rings. The summed E-state index contributed by atoms with van der Waals surface area (Å²) in [5.41, 5.74) is 2.38. The molecule has 1 amide bonds. The number of anilines is 1. The summed E-state index contributed by atoms with van der Waals surface area (Å²) in [5.74, 6) is 0.446. The Labute approximate surface area is 149 Å². The number of nitrogens with zero attached hydrogens (tertiary/aromatic N) is 1. The van der Waals surface area contributed by atoms with Crippen LogP contribution >= 0.6 is 23.2 Å². The van der Waals surface area contributed by atoms with Gasteiger partial charge in [-0.3, -0.25) is 9.78 Å². The first-order chi connectivity index (χ1) is 11.5. The number of ether oxygens (including phenoxy) is 1. The number of pyridine rings is 1. The van der Waals surface area contributed by atoms with Gasteiger partial charge in [0.2, 0.25) is 0 Å². The fourth-order valence-corrected chi connectivity index (χ4v) is 2.84. The lowest BCUT2D eigenvalue weighted by atomic mass is 10.1. The molecule has 0 saturated carbocycles. The Morgan fingerprint density at radius 3 is 2.62 bits per heavy atom. The molecule has 4 nitrogen and oxygen atoms in total. The van der Waals surface area contributed by atoms with Gasteiger partial charge in [-0.2, -0.15) is 0 Å². The largest absolute Gasteiger partial charge is 0.497 e. The first-order valence-electron chi connectivity index (χ1n) is 7.20. The molecule has 1 heterocycles. The standard InChI is InChI=1S/C18H14Cl2N2O2/c1-10-14(7-11-3-5-13(24-2)9-17(11)21-10)18(23)22-16-6-4-12(19)8-15(16)20/h3-9H,1-2H3,(H,22,23). The topological polar surface area (TPSA) is 51.2 Å². The molecule has 3 aromatic rings. The van der Waals surface area contributed by atoms with Crippen LogP contribution in [0.5, 0.6) is 5.75 Å². The Bertz CT molecular complexity index is 942. The molecule has 0 unspecified atom stereocenters. The Morgan fingerprint density at radius 1 is 1.12 bits per heavy atom. The molecule has 1 N–H and O–H groups in total. The van der Waals surface area contributed by atoms with Crippen LogP contribution in [-0.2, 0) is 0 Å². The second-order valence-electron chi connectivity index (χ2n) is 5.26. The van der Waals surface area contributed by atoms with Crippen molar-refractivity contribution in [1.82, 2.24) is 4.98 Å². The van der Waals surface area contributed by atoms with E-state index in [1.165, 1.54) is 0 Å². The van der Waals surface area contributed by atoms with E-state index in [4.69, 9.17) is 27.9 Å². The van der Waals surface area contributed by atoms with Gasteiger partial charge in [0.1, 0.15) is 5.75 Å². The number of hydrogen-bond acceptors (Lipinski definition) is 3. The van der Waals surface area contributed by atoms with E-state index in [1.807, 2.05) is 18.2 Å². The molecule has 0 saturated heterocycles. The average molecular weight is 361 g/mol. The van der Waals surface area contributed by atoms with Crippen molar-refractivity contribution in [2.75, 3.05) is 12.4 Å². The molecule has 0 spiro atoms. The van der Waals surface area contributed by atoms with E-state index < -0.39 is 0 Å². The van der Waals surface area contributed by atoms with Crippen molar-refractivity contribution < 1.29 is 9.53 Å². The van der Waals surface area contributed by atoms with Gasteiger partial charge >= 0.3 is 0 Å². The molecular formula is C18H14Cl2N2O2. The second-order valence-corrected chi connectivity index (χ2v) is 6.10. The summed E-state index contributed by atoms with van der Waals surface area (Å²) in [7, 11) is 1.60. The second kappa shape index (κ2) is 6.67. The Kier molecular flexibility index (Phi) is 4.60. The van der Waals surface area contributed by atoms with Gasteiger partial charge in [0.15, 0.2) is 0 Å². The predicted octanol–water partition coefficient (Wildman–Crippen LogP) is 5.11. The number of fused-ring (bicyclic) bond motifs is 1. The number of hydrogen-bond donors (Lipinski definition) is 1. The van der Waals surface area contributed by atoms with Crippen molar-refractivity contribution in [2.24, 2.45) is 0 Å². The number of methoxy groups -OCH3 is 1. The van der Waals surface area contributed by atoms with Crippen molar-refractivity contribution in [1.29, 1.82) is 0 Å². The van der Waals surface area contributed by atoms with Crippen molar-refractivity contribution in [2.45, 2.75) is 6.92 Å². The maximum absolute atomic E-state index is 12.6. The number of aryl methyl sites for hydroxylation is 1. The van der Waals surface area contributed by atoms with E-state index in [0.717, 1.165) is 16.7 Å². The first kappa shape index (κ1) is 16.6. The van der Waals surface area contributed by atoms with Crippen molar-refractivity contribution in [3.8, 4) is 5.75 Å². The number of amides is 1. The van der Waals surface area contributed by atoms with Crippen molar-refractivity contribution in [3.05, 3.63) is 63.8 Å². The molecule has 3 rings (SSSR count). The van der Waals surface area contributed by atoms with Crippen molar-refractivity contribution in [3.63, 3.8) is 0 Å². The zero-order valence-electron chi connectivity index (χ0n) is 13.1. The highest BCUT2D eigenvalue weighted by Gasteiger charge is 2.14. The summed E-state index contributed by atoms with van der Waals surface area (Å²) in [6.07, 6.45) is 0. The molecule has 2 aromatic carbocycles. The van der Waals surface area contributed by atoms with Crippen LogP contribution in [0.4, 0.5) is 5.69 Å². The van der Waals surface area contributed by atoms with Gasteiger partial charge in [0, 0.05) is 16.5 Å². The normalized spacial score (nSPS) is 10.7. The third-order valence-electron chi connectivity index (χ3n) is 3.64. The molecule has 0 radical (unpaired) electrons. The van der Waals surface area contributed by atoms with Crippen LogP contribution in [0, 0.1) is 6.92 Å². The number of carbonyl (C=O) groups excluding carboxylic acids is 1. The molecule has 0 aliphatic rings. The lowest BCUT2D eigenvalue weighted by Crippen LogP contribution is -2.14. The van der Waals surface area contributed by atoms with E-state index in [1.54, 1.807) is 38.3 Å². The van der Waals surface area contributed by atoms with Crippen LogP contribution in [0.1, 0.15) is 16.1 Å². The number of benzene rings is 2. The van der Waals surface area contributed by atoms with E-state index in [0.29, 0.717) is 27.0 Å². The lowest BCUT2D eigenvalue weighted by Gasteiger charge is -2.11. The van der Waals surface area contributed by atoms with E-state index in [2.05, 4.69) is 10.3 Å². The average Bonchev–Trinajstić information content (AvgIpc) is 2.56. The summed E-state index contributed by atoms with van der Waals surface area (Å²) in [6.45, 7) is 1.79. The Morgan fingerprint density at radius 2 is 1.92 bits per heavy atom. The fourth-order valence-electron chi connectivity index (χ4n) is 2.38. The molecule has 122 valence electrons. The van der Waals surface area contributed by atoms with E-state index >= 15 is 0 Å². The molecular weight excluding hydrogens is 347 g/mol. The molecule has 1 aromatic heterocycles. The maximum Gasteiger partial charge on any atom is 0.257 e. The number of rotatable bonds is 3. The van der Waals surface area contributed by atoms with Crippen LogP contribution in [0.25, 0.3) is 10.9 Å². The van der Waals surface area contributed by atoms with Gasteiger partial charge in [0.05, 0.1) is 34.6 Å². The zero-order valence-corrected chi connectivity index (χ0v) is 14.6. The molecule has 0 bridgehead atoms. The molecule has 0 aliphatic carbocycles. The highest BCUT2D eigenvalue weighted by atomic mass is 35.5. The minimum Gasteiger partial charge on any atom is -0.497 e. The Balaban J connectivity index is 1.96. The zero-order chi connectivity index (χ0) is 17.3. The first-order valence-corrected chi connectivity index (χ1v) is 7.95. The molecule has 0 atom stereocenters. The van der Waals surface area contributed by atoms with Crippen LogP contribution in [0.3, 0.4) is 0 Å². The van der Waals surface area contributed by atoms with Crippen LogP contribution in [0.15, 0.2) is 42.5 Å². The number of aromatic nitrogens is 1. The number of carbonyl (C=O) groups is 1. The maximum atomic E-state index is 12.6. The minimum atomic E-state index is -0.276.